The molecule has 0 aliphatic heterocycles. The normalized spacial score (nSPS) is 12.7. The molecule has 0 aliphatic carbocycles. The lowest BCUT2D eigenvalue weighted by atomic mass is 9.81. The van der Waals surface area contributed by atoms with Crippen molar-refractivity contribution in [1.82, 2.24) is 4.98 Å². The minimum absolute atomic E-state index is 0.0505. The quantitative estimate of drug-likeness (QED) is 0.389. The molecule has 4 N–H and O–H groups in total. The first-order chi connectivity index (χ1) is 15.2. The van der Waals surface area contributed by atoms with E-state index in [1.54, 1.807) is 31.2 Å². The second-order valence-electron chi connectivity index (χ2n) is 6.90. The monoisotopic (exact) mass is 494 g/mol. The zero-order chi connectivity index (χ0) is 23.5. The van der Waals surface area contributed by atoms with Gasteiger partial charge in [-0.2, -0.15) is 0 Å². The number of hydrogen-bond donors (Lipinski definition) is 3. The molecule has 0 aliphatic rings. The van der Waals surface area contributed by atoms with E-state index in [1.165, 1.54) is 0 Å². The highest BCUT2D eigenvalue weighted by Gasteiger charge is 2.33. The fourth-order valence-corrected chi connectivity index (χ4v) is 4.38. The predicted molar refractivity (Wildman–Crippen MR) is 126 cm³/mol. The minimum Gasteiger partial charge on any atom is -0.384 e. The van der Waals surface area contributed by atoms with Gasteiger partial charge in [0.1, 0.15) is 21.5 Å². The van der Waals surface area contributed by atoms with Gasteiger partial charge in [-0.3, -0.25) is 10.1 Å². The number of carbonyl (C=O) groups is 1. The van der Waals surface area contributed by atoms with Crippen LogP contribution in [0.3, 0.4) is 0 Å². The summed E-state index contributed by atoms with van der Waals surface area (Å²) in [5, 5.41) is 5.74. The van der Waals surface area contributed by atoms with E-state index < -0.39 is 28.5 Å². The number of nitrogens with zero attached hydrogens (tertiary/aromatic N) is 1. The Morgan fingerprint density at radius 2 is 1.88 bits per heavy atom. The van der Waals surface area contributed by atoms with E-state index in [4.69, 9.17) is 35.4 Å². The summed E-state index contributed by atoms with van der Waals surface area (Å²) in [5.74, 6) is -0.381. The lowest BCUT2D eigenvalue weighted by Crippen LogP contribution is -2.22. The molecule has 0 saturated carbocycles. The van der Waals surface area contributed by atoms with Gasteiger partial charge in [-0.15, -0.1) is 6.42 Å². The summed E-state index contributed by atoms with van der Waals surface area (Å²) in [6, 6.07) is 8.91. The summed E-state index contributed by atoms with van der Waals surface area (Å²) >= 11 is 13.3. The molecule has 0 unspecified atom stereocenters. The highest BCUT2D eigenvalue weighted by atomic mass is 35.5. The van der Waals surface area contributed by atoms with Crippen LogP contribution in [0.4, 0.5) is 19.6 Å². The molecule has 0 radical (unpaired) electrons. The maximum absolute atomic E-state index is 14.4. The van der Waals surface area contributed by atoms with E-state index in [1.807, 2.05) is 0 Å². The van der Waals surface area contributed by atoms with Gasteiger partial charge in [0.25, 0.3) is 5.91 Å². The molecule has 1 amide bonds. The average Bonchev–Trinajstić information content (AvgIpc) is 3.12. The lowest BCUT2D eigenvalue weighted by Gasteiger charge is -2.22. The van der Waals surface area contributed by atoms with Crippen LogP contribution in [-0.4, -0.2) is 24.0 Å². The van der Waals surface area contributed by atoms with Crippen LogP contribution in [0.15, 0.2) is 36.4 Å². The molecule has 0 fully saturated rings. The molecule has 3 rings (SSSR count). The van der Waals surface area contributed by atoms with Gasteiger partial charge >= 0.3 is 0 Å². The molecule has 5 nitrogen and oxygen atoms in total. The molecule has 0 spiro atoms. The Morgan fingerprint density at radius 1 is 1.25 bits per heavy atom. The van der Waals surface area contributed by atoms with Gasteiger partial charge in [0.05, 0.1) is 11.1 Å². The van der Waals surface area contributed by atoms with Crippen LogP contribution in [-0.2, 0) is 5.41 Å². The van der Waals surface area contributed by atoms with Crippen molar-refractivity contribution >= 4 is 51.3 Å². The second-order valence-corrected chi connectivity index (χ2v) is 8.94. The van der Waals surface area contributed by atoms with Crippen LogP contribution in [0.25, 0.3) is 0 Å². The highest BCUT2D eigenvalue weighted by molar-refractivity contribution is 7.19. The predicted octanol–water partition coefficient (Wildman–Crippen LogP) is 5.29. The molecule has 1 aromatic heterocycles. The molecule has 0 saturated heterocycles. The Bertz CT molecular complexity index is 1170. The van der Waals surface area contributed by atoms with Gasteiger partial charge in [0.2, 0.25) is 0 Å². The molecular weight excluding hydrogens is 477 g/mol. The number of amides is 1. The SMILES string of the molecule is C#C[C@@](C)(c1ccc(Cl)cc1)c1nc(NC(=O)c2c(F)cc(NCCN)cc2F)sc1Cl. The van der Waals surface area contributed by atoms with E-state index in [9.17, 15) is 13.6 Å². The molecule has 166 valence electrons. The number of anilines is 2. The van der Waals surface area contributed by atoms with Crippen molar-refractivity contribution in [2.45, 2.75) is 12.3 Å². The molecule has 1 heterocycles. The van der Waals surface area contributed by atoms with E-state index in [0.717, 1.165) is 23.5 Å². The van der Waals surface area contributed by atoms with Gasteiger partial charge in [-0.25, -0.2) is 13.8 Å². The van der Waals surface area contributed by atoms with Gasteiger partial charge < -0.3 is 11.1 Å². The summed E-state index contributed by atoms with van der Waals surface area (Å²) in [6.07, 6.45) is 5.79. The fraction of sp³-hybridized carbons (Fsp3) is 0.182. The van der Waals surface area contributed by atoms with E-state index in [2.05, 4.69) is 21.5 Å². The molecule has 0 bridgehead atoms. The van der Waals surface area contributed by atoms with Gasteiger partial charge in [-0.05, 0) is 36.8 Å². The smallest absolute Gasteiger partial charge is 0.263 e. The van der Waals surface area contributed by atoms with Crippen molar-refractivity contribution in [3.8, 4) is 12.3 Å². The number of thiazole rings is 1. The average molecular weight is 495 g/mol. The number of nitrogens with one attached hydrogen (secondary N) is 2. The minimum atomic E-state index is -1.03. The standard InChI is InChI=1S/C22H18Cl2F2N4OS/c1-3-22(2,12-4-6-13(23)7-5-12)18-19(24)32-21(29-18)30-20(31)17-15(25)10-14(11-16(17)26)28-9-8-27/h1,4-7,10-11,28H,8-9,27H2,2H3,(H,29,30,31)/t22-/m0/s1. The van der Waals surface area contributed by atoms with Gasteiger partial charge in [-0.1, -0.05) is 52.6 Å². The van der Waals surface area contributed by atoms with Crippen molar-refractivity contribution < 1.29 is 13.6 Å². The third-order valence-corrected chi connectivity index (χ3v) is 6.15. The van der Waals surface area contributed by atoms with Gasteiger partial charge in [0.15, 0.2) is 5.13 Å². The summed E-state index contributed by atoms with van der Waals surface area (Å²) in [4.78, 5) is 16.9. The molecule has 3 aromatic rings. The van der Waals surface area contributed by atoms with Crippen LogP contribution >= 0.6 is 34.5 Å². The number of benzene rings is 2. The van der Waals surface area contributed by atoms with Crippen molar-refractivity contribution in [3.63, 3.8) is 0 Å². The van der Waals surface area contributed by atoms with E-state index in [-0.39, 0.29) is 21.7 Å². The van der Waals surface area contributed by atoms with Crippen molar-refractivity contribution in [2.75, 3.05) is 23.7 Å². The Kier molecular flexibility index (Phi) is 7.36. The lowest BCUT2D eigenvalue weighted by molar-refractivity contribution is 0.101. The number of terminal acetylenes is 1. The Labute approximate surface area is 197 Å². The number of halogens is 4. The van der Waals surface area contributed by atoms with Crippen LogP contribution in [0, 0.1) is 24.0 Å². The molecule has 2 aromatic carbocycles. The van der Waals surface area contributed by atoms with Crippen molar-refractivity contribution in [3.05, 3.63) is 74.2 Å². The van der Waals surface area contributed by atoms with Crippen LogP contribution in [0.1, 0.15) is 28.5 Å². The van der Waals surface area contributed by atoms with Crippen LogP contribution in [0.5, 0.6) is 0 Å². The summed E-state index contributed by atoms with van der Waals surface area (Å²) < 4.78 is 29.1. The van der Waals surface area contributed by atoms with Crippen molar-refractivity contribution in [2.24, 2.45) is 5.73 Å². The fourth-order valence-electron chi connectivity index (χ4n) is 3.00. The third kappa shape index (κ3) is 4.87. The summed E-state index contributed by atoms with van der Waals surface area (Å²) in [5.41, 5.74) is 4.82. The second kappa shape index (κ2) is 9.84. The molecule has 10 heteroatoms. The Hall–Kier alpha value is -2.70. The van der Waals surface area contributed by atoms with E-state index in [0.29, 0.717) is 22.8 Å². The number of nitrogens with two attached hydrogens (primary N) is 1. The number of aromatic nitrogens is 1. The van der Waals surface area contributed by atoms with Crippen molar-refractivity contribution in [1.29, 1.82) is 0 Å². The summed E-state index contributed by atoms with van der Waals surface area (Å²) in [7, 11) is 0. The van der Waals surface area contributed by atoms with Gasteiger partial charge in [0, 0.05) is 23.8 Å². The zero-order valence-corrected chi connectivity index (χ0v) is 19.1. The Morgan fingerprint density at radius 3 is 2.44 bits per heavy atom. The molecule has 1 atom stereocenters. The number of rotatable bonds is 7. The maximum atomic E-state index is 14.4. The number of carbonyl (C=O) groups excluding carboxylic acids is 1. The van der Waals surface area contributed by atoms with Crippen LogP contribution in [0.2, 0.25) is 9.36 Å². The number of hydrogen-bond acceptors (Lipinski definition) is 5. The zero-order valence-electron chi connectivity index (χ0n) is 16.8. The Balaban J connectivity index is 1.89. The first kappa shape index (κ1) is 24.0. The highest BCUT2D eigenvalue weighted by Crippen LogP contribution is 2.40. The first-order valence-electron chi connectivity index (χ1n) is 9.34. The van der Waals surface area contributed by atoms with Crippen LogP contribution < -0.4 is 16.4 Å². The molecular formula is C22H18Cl2F2N4OS. The third-order valence-electron chi connectivity index (χ3n) is 4.73. The maximum Gasteiger partial charge on any atom is 0.263 e. The largest absolute Gasteiger partial charge is 0.384 e. The molecule has 32 heavy (non-hydrogen) atoms. The first-order valence-corrected chi connectivity index (χ1v) is 10.9. The summed E-state index contributed by atoms with van der Waals surface area (Å²) in [6.45, 7) is 2.35. The topological polar surface area (TPSA) is 80.0 Å². The van der Waals surface area contributed by atoms with E-state index >= 15 is 0 Å².